The average molecular weight is 265 g/mol. The molecular weight excluding hydrogens is 238 g/mol. The summed E-state index contributed by atoms with van der Waals surface area (Å²) in [4.78, 5) is 14.2. The van der Waals surface area contributed by atoms with Crippen LogP contribution in [0.1, 0.15) is 52.9 Å². The quantitative estimate of drug-likeness (QED) is 0.671. The zero-order valence-corrected chi connectivity index (χ0v) is 12.5. The van der Waals surface area contributed by atoms with E-state index < -0.39 is 5.60 Å². The minimum atomic E-state index is -0.423. The van der Waals surface area contributed by atoms with Crippen molar-refractivity contribution in [3.63, 3.8) is 0 Å². The van der Waals surface area contributed by atoms with Crippen LogP contribution in [0, 0.1) is 11.8 Å². The van der Waals surface area contributed by atoms with E-state index in [-0.39, 0.29) is 12.1 Å². The van der Waals surface area contributed by atoms with Gasteiger partial charge in [0.2, 0.25) is 0 Å². The molecule has 3 atom stereocenters. The van der Waals surface area contributed by atoms with Crippen molar-refractivity contribution in [2.75, 3.05) is 6.54 Å². The van der Waals surface area contributed by atoms with Gasteiger partial charge < -0.3 is 9.64 Å². The number of nitrogens with zero attached hydrogens (tertiary/aromatic N) is 1. The van der Waals surface area contributed by atoms with Gasteiger partial charge in [0.05, 0.1) is 6.04 Å². The fourth-order valence-electron chi connectivity index (χ4n) is 3.51. The Balaban J connectivity index is 2.09. The average Bonchev–Trinajstić information content (AvgIpc) is 2.49. The van der Waals surface area contributed by atoms with Crippen LogP contribution in [0.25, 0.3) is 0 Å². The SMILES string of the molecule is C=CC1C2CCCCCC2CN1C(=O)OC(C)(C)C. The number of amides is 1. The van der Waals surface area contributed by atoms with Crippen molar-refractivity contribution in [1.29, 1.82) is 0 Å². The predicted octanol–water partition coefficient (Wildman–Crippen LogP) is 3.99. The first kappa shape index (κ1) is 14.4. The predicted molar refractivity (Wildman–Crippen MR) is 77.0 cm³/mol. The van der Waals surface area contributed by atoms with Crippen LogP contribution >= 0.6 is 0 Å². The van der Waals surface area contributed by atoms with Gasteiger partial charge in [-0.1, -0.05) is 25.3 Å². The summed E-state index contributed by atoms with van der Waals surface area (Å²) >= 11 is 0. The highest BCUT2D eigenvalue weighted by Gasteiger charge is 2.43. The van der Waals surface area contributed by atoms with Gasteiger partial charge in [0, 0.05) is 6.54 Å². The summed E-state index contributed by atoms with van der Waals surface area (Å²) in [6.45, 7) is 10.5. The lowest BCUT2D eigenvalue weighted by molar-refractivity contribution is 0.0238. The number of likely N-dealkylation sites (tertiary alicyclic amines) is 1. The van der Waals surface area contributed by atoms with Gasteiger partial charge >= 0.3 is 6.09 Å². The fraction of sp³-hybridized carbons (Fsp3) is 0.812. The molecule has 2 rings (SSSR count). The van der Waals surface area contributed by atoms with Crippen LogP contribution in [-0.2, 0) is 4.74 Å². The third kappa shape index (κ3) is 3.31. The zero-order valence-electron chi connectivity index (χ0n) is 12.5. The minimum absolute atomic E-state index is 0.165. The second kappa shape index (κ2) is 5.56. The highest BCUT2D eigenvalue weighted by atomic mass is 16.6. The van der Waals surface area contributed by atoms with Crippen LogP contribution in [-0.4, -0.2) is 29.2 Å². The molecule has 1 aliphatic carbocycles. The van der Waals surface area contributed by atoms with E-state index in [4.69, 9.17) is 4.74 Å². The van der Waals surface area contributed by atoms with E-state index in [1.807, 2.05) is 31.7 Å². The van der Waals surface area contributed by atoms with Crippen molar-refractivity contribution in [1.82, 2.24) is 4.90 Å². The number of carbonyl (C=O) groups is 1. The van der Waals surface area contributed by atoms with Crippen LogP contribution in [0.3, 0.4) is 0 Å². The van der Waals surface area contributed by atoms with Crippen LogP contribution in [0.15, 0.2) is 12.7 Å². The van der Waals surface area contributed by atoms with Gasteiger partial charge in [0.15, 0.2) is 0 Å². The Bertz CT molecular complexity index is 345. The molecule has 1 amide bonds. The van der Waals surface area contributed by atoms with E-state index in [0.717, 1.165) is 6.54 Å². The second-order valence-electron chi connectivity index (χ2n) is 6.92. The second-order valence-corrected chi connectivity index (χ2v) is 6.92. The first-order chi connectivity index (χ1) is 8.92. The maximum atomic E-state index is 12.3. The molecule has 1 saturated heterocycles. The smallest absolute Gasteiger partial charge is 0.410 e. The first-order valence-electron chi connectivity index (χ1n) is 7.54. The molecule has 3 nitrogen and oxygen atoms in total. The van der Waals surface area contributed by atoms with Crippen molar-refractivity contribution >= 4 is 6.09 Å². The number of ether oxygens (including phenoxy) is 1. The Morgan fingerprint density at radius 2 is 1.95 bits per heavy atom. The summed E-state index contributed by atoms with van der Waals surface area (Å²) in [5.74, 6) is 1.23. The van der Waals surface area contributed by atoms with Crippen molar-refractivity contribution in [3.05, 3.63) is 12.7 Å². The summed E-state index contributed by atoms with van der Waals surface area (Å²) in [5.41, 5.74) is -0.423. The Morgan fingerprint density at radius 1 is 1.26 bits per heavy atom. The molecule has 1 heterocycles. The molecule has 2 fully saturated rings. The number of hydrogen-bond acceptors (Lipinski definition) is 2. The molecule has 108 valence electrons. The highest BCUT2D eigenvalue weighted by molar-refractivity contribution is 5.69. The summed E-state index contributed by atoms with van der Waals surface area (Å²) in [5, 5.41) is 0. The van der Waals surface area contributed by atoms with Gasteiger partial charge in [-0.2, -0.15) is 0 Å². The summed E-state index contributed by atoms with van der Waals surface area (Å²) in [6, 6.07) is 0.165. The van der Waals surface area contributed by atoms with E-state index in [1.54, 1.807) is 0 Å². The van der Waals surface area contributed by atoms with E-state index in [9.17, 15) is 4.79 Å². The third-order valence-electron chi connectivity index (χ3n) is 4.32. The maximum absolute atomic E-state index is 12.3. The van der Waals surface area contributed by atoms with E-state index in [2.05, 4.69) is 6.58 Å². The molecule has 19 heavy (non-hydrogen) atoms. The van der Waals surface area contributed by atoms with Crippen LogP contribution in [0.2, 0.25) is 0 Å². The van der Waals surface area contributed by atoms with Crippen molar-refractivity contribution in [2.45, 2.75) is 64.5 Å². The monoisotopic (exact) mass is 265 g/mol. The first-order valence-corrected chi connectivity index (χ1v) is 7.54. The number of rotatable bonds is 1. The molecule has 3 unspecified atom stereocenters. The van der Waals surface area contributed by atoms with E-state index in [1.165, 1.54) is 32.1 Å². The molecule has 0 aromatic carbocycles. The Kier molecular flexibility index (Phi) is 4.22. The Morgan fingerprint density at radius 3 is 2.58 bits per heavy atom. The van der Waals surface area contributed by atoms with Crippen molar-refractivity contribution in [3.8, 4) is 0 Å². The fourth-order valence-corrected chi connectivity index (χ4v) is 3.51. The number of fused-ring (bicyclic) bond motifs is 1. The molecule has 0 aromatic rings. The van der Waals surface area contributed by atoms with E-state index in [0.29, 0.717) is 11.8 Å². The lowest BCUT2D eigenvalue weighted by Crippen LogP contribution is -2.40. The standard InChI is InChI=1S/C16H27NO2/c1-5-14-13-10-8-6-7-9-12(13)11-17(14)15(18)19-16(2,3)4/h5,12-14H,1,6-11H2,2-4H3. The molecule has 0 radical (unpaired) electrons. The minimum Gasteiger partial charge on any atom is -0.444 e. The number of carbonyl (C=O) groups excluding carboxylic acids is 1. The summed E-state index contributed by atoms with van der Waals surface area (Å²) < 4.78 is 5.53. The van der Waals surface area contributed by atoms with Crippen molar-refractivity contribution < 1.29 is 9.53 Å². The van der Waals surface area contributed by atoms with Gasteiger partial charge in [-0.25, -0.2) is 4.79 Å². The molecule has 0 bridgehead atoms. The van der Waals surface area contributed by atoms with E-state index >= 15 is 0 Å². The molecule has 0 spiro atoms. The molecule has 3 heteroatoms. The molecule has 0 aromatic heterocycles. The largest absolute Gasteiger partial charge is 0.444 e. The topological polar surface area (TPSA) is 29.5 Å². The van der Waals surface area contributed by atoms with Gasteiger partial charge in [0.25, 0.3) is 0 Å². The molecule has 1 aliphatic heterocycles. The zero-order chi connectivity index (χ0) is 14.0. The van der Waals surface area contributed by atoms with Crippen LogP contribution in [0.4, 0.5) is 4.79 Å². The molecular formula is C16H27NO2. The lowest BCUT2D eigenvalue weighted by Gasteiger charge is -2.28. The summed E-state index contributed by atoms with van der Waals surface area (Å²) in [6.07, 6.45) is 8.16. The van der Waals surface area contributed by atoms with Gasteiger partial charge in [-0.3, -0.25) is 0 Å². The van der Waals surface area contributed by atoms with Crippen molar-refractivity contribution in [2.24, 2.45) is 11.8 Å². The van der Waals surface area contributed by atoms with Crippen LogP contribution in [0.5, 0.6) is 0 Å². The maximum Gasteiger partial charge on any atom is 0.410 e. The normalized spacial score (nSPS) is 31.5. The Hall–Kier alpha value is -0.990. The Labute approximate surface area is 117 Å². The van der Waals surface area contributed by atoms with Crippen LogP contribution < -0.4 is 0 Å². The lowest BCUT2D eigenvalue weighted by atomic mass is 9.87. The molecule has 1 saturated carbocycles. The van der Waals surface area contributed by atoms with Gasteiger partial charge in [-0.15, -0.1) is 6.58 Å². The molecule has 2 aliphatic rings. The number of hydrogen-bond donors (Lipinski definition) is 0. The molecule has 0 N–H and O–H groups in total. The summed E-state index contributed by atoms with van der Waals surface area (Å²) in [7, 11) is 0. The van der Waals surface area contributed by atoms with Gasteiger partial charge in [0.1, 0.15) is 5.60 Å². The highest BCUT2D eigenvalue weighted by Crippen LogP contribution is 2.40. The third-order valence-corrected chi connectivity index (χ3v) is 4.32. The van der Waals surface area contributed by atoms with Gasteiger partial charge in [-0.05, 0) is 45.4 Å².